The van der Waals surface area contributed by atoms with Crippen molar-refractivity contribution in [2.45, 2.75) is 51.7 Å². The van der Waals surface area contributed by atoms with Crippen LogP contribution in [0.1, 0.15) is 55.8 Å². The number of carbonyl (C=O) groups is 3. The Bertz CT molecular complexity index is 1520. The number of aliphatic hydroxyl groups is 1. The van der Waals surface area contributed by atoms with E-state index in [4.69, 9.17) is 29.8 Å². The van der Waals surface area contributed by atoms with Crippen LogP contribution in [0, 0.1) is 5.92 Å². The first-order chi connectivity index (χ1) is 22.8. The van der Waals surface area contributed by atoms with Crippen LogP contribution >= 0.6 is 0 Å². The predicted molar refractivity (Wildman–Crippen MR) is 179 cm³/mol. The van der Waals surface area contributed by atoms with E-state index in [1.54, 1.807) is 28.8 Å². The largest absolute Gasteiger partial charge is 0.459 e. The minimum atomic E-state index is -0.737. The Morgan fingerprint density at radius 3 is 2.49 bits per heavy atom. The maximum absolute atomic E-state index is 13.4. The smallest absolute Gasteiger partial charge is 0.286 e. The van der Waals surface area contributed by atoms with Gasteiger partial charge in [0.05, 0.1) is 43.3 Å². The van der Waals surface area contributed by atoms with Gasteiger partial charge >= 0.3 is 0 Å². The first kappa shape index (κ1) is 35.6. The molecule has 1 aliphatic rings. The molecule has 4 rings (SSSR count). The van der Waals surface area contributed by atoms with E-state index in [2.05, 4.69) is 10.6 Å². The molecule has 0 saturated heterocycles. The Morgan fingerprint density at radius 2 is 1.74 bits per heavy atom. The molecule has 3 aromatic rings. The SMILES string of the molecule is CCO[C@@H]1OC(C(=O)NCCCCC(=O)Nc2ccccc2N)=C[C@H](c2cn(C(C)=O)c3ccccc23)[C@@H]1CCOCCOCCO. The summed E-state index contributed by atoms with van der Waals surface area (Å²) in [6, 6.07) is 14.8. The first-order valence-corrected chi connectivity index (χ1v) is 16.1. The molecule has 0 radical (unpaired) electrons. The summed E-state index contributed by atoms with van der Waals surface area (Å²) in [5.41, 5.74) is 8.65. The van der Waals surface area contributed by atoms with E-state index < -0.39 is 6.29 Å². The van der Waals surface area contributed by atoms with E-state index in [0.29, 0.717) is 63.6 Å². The average Bonchev–Trinajstić information content (AvgIpc) is 3.45. The highest BCUT2D eigenvalue weighted by Gasteiger charge is 2.39. The number of rotatable bonds is 18. The van der Waals surface area contributed by atoms with Gasteiger partial charge in [0.25, 0.3) is 5.91 Å². The summed E-state index contributed by atoms with van der Waals surface area (Å²) in [6.45, 7) is 5.43. The molecule has 0 spiro atoms. The molecule has 0 unspecified atom stereocenters. The van der Waals surface area contributed by atoms with Crippen molar-refractivity contribution < 1.29 is 38.4 Å². The van der Waals surface area contributed by atoms with Crippen LogP contribution in [0.15, 0.2) is 66.6 Å². The van der Waals surface area contributed by atoms with Gasteiger partial charge in [-0.05, 0) is 56.0 Å². The molecule has 12 heteroatoms. The van der Waals surface area contributed by atoms with Crippen LogP contribution in [0.5, 0.6) is 0 Å². The first-order valence-electron chi connectivity index (χ1n) is 16.1. The van der Waals surface area contributed by atoms with Crippen molar-refractivity contribution >= 4 is 40.0 Å². The number of aromatic nitrogens is 1. The standard InChI is InChI=1S/C35H46N4O8/c1-3-46-35-26(15-18-44-20-21-45-19-17-40)27(28-23-39(24(2)41)31-13-7-4-10-25(28)31)22-32(47-35)34(43)37-16-9-8-14-33(42)38-30-12-6-5-11-29(30)36/h4-7,10-13,22-23,26-27,35,40H,3,8-9,14-21,36H2,1-2H3,(H,37,43)(H,38,42)/t26-,27-,35+/m0/s1. The Hall–Kier alpha value is -4.23. The van der Waals surface area contributed by atoms with Crippen LogP contribution in [-0.4, -0.2) is 79.9 Å². The summed E-state index contributed by atoms with van der Waals surface area (Å²) in [5, 5.41) is 15.5. The van der Waals surface area contributed by atoms with Gasteiger partial charge in [-0.15, -0.1) is 0 Å². The molecule has 1 aliphatic heterocycles. The van der Waals surface area contributed by atoms with Crippen LogP contribution in [0.3, 0.4) is 0 Å². The van der Waals surface area contributed by atoms with Gasteiger partial charge in [-0.2, -0.15) is 0 Å². The highest BCUT2D eigenvalue weighted by molar-refractivity contribution is 5.95. The summed E-state index contributed by atoms with van der Waals surface area (Å²) in [4.78, 5) is 38.3. The molecule has 3 atom stereocenters. The number of nitrogens with two attached hydrogens (primary N) is 1. The van der Waals surface area contributed by atoms with Crippen molar-refractivity contribution in [1.29, 1.82) is 0 Å². The highest BCUT2D eigenvalue weighted by Crippen LogP contribution is 2.42. The number of hydrogen-bond acceptors (Lipinski definition) is 9. The highest BCUT2D eigenvalue weighted by atomic mass is 16.7. The zero-order valence-corrected chi connectivity index (χ0v) is 27.1. The second-order valence-corrected chi connectivity index (χ2v) is 11.2. The van der Waals surface area contributed by atoms with Crippen molar-refractivity contribution in [3.63, 3.8) is 0 Å². The number of ether oxygens (including phenoxy) is 4. The number of anilines is 2. The lowest BCUT2D eigenvalue weighted by Crippen LogP contribution is -2.39. The fourth-order valence-corrected chi connectivity index (χ4v) is 5.66. The number of benzene rings is 2. The monoisotopic (exact) mass is 650 g/mol. The number of carbonyl (C=O) groups excluding carboxylic acids is 3. The fourth-order valence-electron chi connectivity index (χ4n) is 5.66. The molecule has 0 fully saturated rings. The number of nitrogens with one attached hydrogen (secondary N) is 2. The van der Waals surface area contributed by atoms with Gasteiger partial charge in [-0.1, -0.05) is 30.3 Å². The second kappa shape index (κ2) is 18.2. The molecule has 47 heavy (non-hydrogen) atoms. The number of amides is 2. The van der Waals surface area contributed by atoms with Crippen molar-refractivity contribution in [2.75, 3.05) is 57.2 Å². The molecular formula is C35H46N4O8. The van der Waals surface area contributed by atoms with E-state index in [9.17, 15) is 14.4 Å². The lowest BCUT2D eigenvalue weighted by molar-refractivity contribution is -0.168. The Labute approximate surface area is 275 Å². The number of unbranched alkanes of at least 4 members (excludes halogenated alkanes) is 1. The molecule has 254 valence electrons. The molecular weight excluding hydrogens is 604 g/mol. The normalized spacial score (nSPS) is 17.6. The number of nitrogens with zero attached hydrogens (tertiary/aromatic N) is 1. The minimum absolute atomic E-state index is 0.0465. The van der Waals surface area contributed by atoms with E-state index >= 15 is 0 Å². The third kappa shape index (κ3) is 9.88. The lowest BCUT2D eigenvalue weighted by Gasteiger charge is -2.36. The number of allylic oxidation sites excluding steroid dienone is 1. The van der Waals surface area contributed by atoms with Crippen molar-refractivity contribution in [3.8, 4) is 0 Å². The van der Waals surface area contributed by atoms with Gasteiger partial charge in [0.1, 0.15) is 0 Å². The van der Waals surface area contributed by atoms with Crippen LogP contribution in [0.2, 0.25) is 0 Å². The van der Waals surface area contributed by atoms with E-state index in [1.807, 2.05) is 43.5 Å². The predicted octanol–water partition coefficient (Wildman–Crippen LogP) is 4.20. The molecule has 2 heterocycles. The molecule has 2 amide bonds. The quantitative estimate of drug-likeness (QED) is 0.117. The Morgan fingerprint density at radius 1 is 1.00 bits per heavy atom. The molecule has 0 saturated carbocycles. The van der Waals surface area contributed by atoms with Gasteiger partial charge in [-0.25, -0.2) is 0 Å². The van der Waals surface area contributed by atoms with E-state index in [0.717, 1.165) is 16.5 Å². The van der Waals surface area contributed by atoms with Gasteiger partial charge in [0.2, 0.25) is 18.1 Å². The molecule has 5 N–H and O–H groups in total. The van der Waals surface area contributed by atoms with Crippen LogP contribution in [0.25, 0.3) is 10.9 Å². The molecule has 2 aromatic carbocycles. The van der Waals surface area contributed by atoms with Crippen molar-refractivity contribution in [2.24, 2.45) is 5.92 Å². The van der Waals surface area contributed by atoms with Crippen molar-refractivity contribution in [1.82, 2.24) is 9.88 Å². The van der Waals surface area contributed by atoms with Crippen molar-refractivity contribution in [3.05, 3.63) is 72.1 Å². The lowest BCUT2D eigenvalue weighted by atomic mass is 9.81. The zero-order chi connectivity index (χ0) is 33.6. The maximum Gasteiger partial charge on any atom is 0.286 e. The minimum Gasteiger partial charge on any atom is -0.459 e. The molecule has 0 aliphatic carbocycles. The third-order valence-electron chi connectivity index (χ3n) is 7.93. The average molecular weight is 651 g/mol. The summed E-state index contributed by atoms with van der Waals surface area (Å²) in [5.74, 6) is -1.06. The number of nitrogen functional groups attached to an aromatic ring is 1. The summed E-state index contributed by atoms with van der Waals surface area (Å²) in [7, 11) is 0. The molecule has 0 bridgehead atoms. The topological polar surface area (TPSA) is 163 Å². The summed E-state index contributed by atoms with van der Waals surface area (Å²) >= 11 is 0. The Balaban J connectivity index is 1.46. The van der Waals surface area contributed by atoms with Crippen LogP contribution in [-0.2, 0) is 28.5 Å². The number of para-hydroxylation sites is 3. The number of fused-ring (bicyclic) bond motifs is 1. The van der Waals surface area contributed by atoms with Gasteiger partial charge in [-0.3, -0.25) is 19.0 Å². The third-order valence-corrected chi connectivity index (χ3v) is 7.93. The van der Waals surface area contributed by atoms with Crippen LogP contribution in [0.4, 0.5) is 11.4 Å². The number of hydrogen-bond donors (Lipinski definition) is 4. The van der Waals surface area contributed by atoms with E-state index in [1.165, 1.54) is 6.92 Å². The van der Waals surface area contributed by atoms with Gasteiger partial charge in [0.15, 0.2) is 5.76 Å². The zero-order valence-electron chi connectivity index (χ0n) is 27.1. The summed E-state index contributed by atoms with van der Waals surface area (Å²) in [6.07, 6.45) is 4.90. The molecule has 12 nitrogen and oxygen atoms in total. The van der Waals surface area contributed by atoms with Gasteiger partial charge < -0.3 is 40.4 Å². The fraction of sp³-hybridized carbons (Fsp3) is 0.457. The van der Waals surface area contributed by atoms with Gasteiger partial charge in [0, 0.05) is 56.5 Å². The second-order valence-electron chi connectivity index (χ2n) is 11.2. The number of aliphatic hydroxyl groups excluding tert-OH is 1. The maximum atomic E-state index is 13.4. The summed E-state index contributed by atoms with van der Waals surface area (Å²) < 4.78 is 25.0. The van der Waals surface area contributed by atoms with E-state index in [-0.39, 0.29) is 55.0 Å². The molecule has 1 aromatic heterocycles. The Kier molecular flexibility index (Phi) is 13.8. The van der Waals surface area contributed by atoms with Crippen LogP contribution < -0.4 is 16.4 Å².